The Hall–Kier alpha value is -1.16. The third kappa shape index (κ3) is 2.39. The van der Waals surface area contributed by atoms with Gasteiger partial charge < -0.3 is 5.32 Å². The highest BCUT2D eigenvalue weighted by molar-refractivity contribution is 5.94. The van der Waals surface area contributed by atoms with Crippen LogP contribution in [0.5, 0.6) is 0 Å². The van der Waals surface area contributed by atoms with Gasteiger partial charge in [-0.05, 0) is 20.0 Å². The van der Waals surface area contributed by atoms with Crippen LogP contribution >= 0.6 is 0 Å². The van der Waals surface area contributed by atoms with Gasteiger partial charge in [0.1, 0.15) is 5.69 Å². The van der Waals surface area contributed by atoms with E-state index in [0.29, 0.717) is 18.7 Å². The van der Waals surface area contributed by atoms with E-state index >= 15 is 0 Å². The lowest BCUT2D eigenvalue weighted by Gasteiger charge is -2.02. The van der Waals surface area contributed by atoms with Gasteiger partial charge in [0.25, 0.3) is 0 Å². The molecule has 0 spiro atoms. The molecule has 0 fully saturated rings. The summed E-state index contributed by atoms with van der Waals surface area (Å²) in [6, 6.07) is 1.77. The van der Waals surface area contributed by atoms with E-state index < -0.39 is 0 Å². The predicted molar refractivity (Wildman–Crippen MR) is 50.8 cm³/mol. The topological polar surface area (TPSA) is 46.9 Å². The van der Waals surface area contributed by atoms with Crippen LogP contribution in [0.2, 0.25) is 0 Å². The zero-order valence-electron chi connectivity index (χ0n) is 8.08. The van der Waals surface area contributed by atoms with Gasteiger partial charge in [-0.25, -0.2) is 0 Å². The molecule has 0 saturated carbocycles. The molecule has 1 rings (SSSR count). The van der Waals surface area contributed by atoms with Crippen molar-refractivity contribution in [2.24, 2.45) is 0 Å². The number of hydrogen-bond acceptors (Lipinski definition) is 3. The Bertz CT molecular complexity index is 280. The van der Waals surface area contributed by atoms with Gasteiger partial charge in [0, 0.05) is 25.7 Å². The maximum absolute atomic E-state index is 11.5. The molecule has 0 aliphatic rings. The number of nitrogens with zero attached hydrogens (tertiary/aromatic N) is 2. The summed E-state index contributed by atoms with van der Waals surface area (Å²) in [7, 11) is 1.84. The molecule has 0 aliphatic heterocycles. The molecule has 0 atom stereocenters. The van der Waals surface area contributed by atoms with Crippen LogP contribution in [-0.2, 0) is 6.54 Å². The Morgan fingerprint density at radius 1 is 1.69 bits per heavy atom. The van der Waals surface area contributed by atoms with E-state index in [9.17, 15) is 4.79 Å². The molecule has 0 radical (unpaired) electrons. The zero-order chi connectivity index (χ0) is 9.68. The smallest absolute Gasteiger partial charge is 0.182 e. The summed E-state index contributed by atoms with van der Waals surface area (Å²) < 4.78 is 1.72. The van der Waals surface area contributed by atoms with Crippen molar-refractivity contribution in [3.05, 3.63) is 18.0 Å². The second-order valence-corrected chi connectivity index (χ2v) is 2.81. The molecule has 0 aliphatic carbocycles. The molecular weight excluding hydrogens is 166 g/mol. The van der Waals surface area contributed by atoms with Gasteiger partial charge in [-0.1, -0.05) is 0 Å². The van der Waals surface area contributed by atoms with Crippen LogP contribution in [-0.4, -0.2) is 29.2 Å². The Balaban J connectivity index is 2.65. The molecule has 0 aromatic carbocycles. The van der Waals surface area contributed by atoms with Crippen molar-refractivity contribution in [2.45, 2.75) is 19.9 Å². The third-order valence-electron chi connectivity index (χ3n) is 1.90. The van der Waals surface area contributed by atoms with Crippen molar-refractivity contribution >= 4 is 5.78 Å². The summed E-state index contributed by atoms with van der Waals surface area (Å²) in [4.78, 5) is 11.5. The molecule has 0 unspecified atom stereocenters. The number of carbonyl (C=O) groups excluding carboxylic acids is 1. The Kier molecular flexibility index (Phi) is 3.64. The van der Waals surface area contributed by atoms with Crippen molar-refractivity contribution in [1.82, 2.24) is 15.1 Å². The number of nitrogens with one attached hydrogen (secondary N) is 1. The Morgan fingerprint density at radius 3 is 3.08 bits per heavy atom. The minimum atomic E-state index is 0.147. The quantitative estimate of drug-likeness (QED) is 0.680. The van der Waals surface area contributed by atoms with E-state index in [2.05, 4.69) is 10.4 Å². The fourth-order valence-electron chi connectivity index (χ4n) is 1.19. The van der Waals surface area contributed by atoms with Crippen LogP contribution in [0.15, 0.2) is 12.3 Å². The van der Waals surface area contributed by atoms with Crippen molar-refractivity contribution in [1.29, 1.82) is 0 Å². The molecule has 72 valence electrons. The molecule has 0 amide bonds. The number of ketones is 1. The van der Waals surface area contributed by atoms with E-state index in [1.165, 1.54) is 0 Å². The van der Waals surface area contributed by atoms with Gasteiger partial charge in [-0.2, -0.15) is 5.10 Å². The molecule has 1 N–H and O–H groups in total. The number of rotatable bonds is 5. The van der Waals surface area contributed by atoms with E-state index in [0.717, 1.165) is 6.54 Å². The number of aryl methyl sites for hydroxylation is 1. The highest BCUT2D eigenvalue weighted by Crippen LogP contribution is 2.02. The van der Waals surface area contributed by atoms with Crippen LogP contribution in [0.3, 0.4) is 0 Å². The normalized spacial score (nSPS) is 10.3. The molecule has 13 heavy (non-hydrogen) atoms. The van der Waals surface area contributed by atoms with Gasteiger partial charge in [0.2, 0.25) is 0 Å². The highest BCUT2D eigenvalue weighted by atomic mass is 16.1. The minimum Gasteiger partial charge on any atom is -0.319 e. The minimum absolute atomic E-state index is 0.147. The lowest BCUT2D eigenvalue weighted by molar-refractivity contribution is 0.0973. The zero-order valence-corrected chi connectivity index (χ0v) is 8.08. The fraction of sp³-hybridized carbons (Fsp3) is 0.556. The van der Waals surface area contributed by atoms with Gasteiger partial charge in [0.15, 0.2) is 5.78 Å². The standard InChI is InChI=1S/C9H15N3O/c1-3-12-8(4-7-11-12)9(13)5-6-10-2/h4,7,10H,3,5-6H2,1-2H3. The first-order chi connectivity index (χ1) is 6.29. The van der Waals surface area contributed by atoms with Crippen molar-refractivity contribution in [2.75, 3.05) is 13.6 Å². The van der Waals surface area contributed by atoms with E-state index in [-0.39, 0.29) is 5.78 Å². The van der Waals surface area contributed by atoms with Crippen LogP contribution in [0.1, 0.15) is 23.8 Å². The predicted octanol–water partition coefficient (Wildman–Crippen LogP) is 0.695. The highest BCUT2D eigenvalue weighted by Gasteiger charge is 2.09. The molecular formula is C9H15N3O. The summed E-state index contributed by atoms with van der Waals surface area (Å²) in [5.74, 6) is 0.147. The van der Waals surface area contributed by atoms with Gasteiger partial charge in [-0.15, -0.1) is 0 Å². The maximum Gasteiger partial charge on any atom is 0.182 e. The van der Waals surface area contributed by atoms with Crippen molar-refractivity contribution < 1.29 is 4.79 Å². The fourth-order valence-corrected chi connectivity index (χ4v) is 1.19. The average Bonchev–Trinajstić information content (AvgIpc) is 2.61. The SMILES string of the molecule is CCn1nccc1C(=O)CCNC. The molecule has 4 nitrogen and oxygen atoms in total. The summed E-state index contributed by atoms with van der Waals surface area (Å²) in [6.45, 7) is 3.43. The van der Waals surface area contributed by atoms with Crippen LogP contribution in [0.25, 0.3) is 0 Å². The second kappa shape index (κ2) is 4.77. The van der Waals surface area contributed by atoms with Crippen molar-refractivity contribution in [3.8, 4) is 0 Å². The monoisotopic (exact) mass is 181 g/mol. The van der Waals surface area contributed by atoms with Gasteiger partial charge in [0.05, 0.1) is 0 Å². The summed E-state index contributed by atoms with van der Waals surface area (Å²) in [5, 5.41) is 6.99. The summed E-state index contributed by atoms with van der Waals surface area (Å²) in [5.41, 5.74) is 0.706. The second-order valence-electron chi connectivity index (χ2n) is 2.81. The van der Waals surface area contributed by atoms with Gasteiger partial charge in [-0.3, -0.25) is 9.48 Å². The van der Waals surface area contributed by atoms with Crippen molar-refractivity contribution in [3.63, 3.8) is 0 Å². The first kappa shape index (κ1) is 9.92. The molecule has 1 heterocycles. The average molecular weight is 181 g/mol. The molecule has 1 aromatic heterocycles. The van der Waals surface area contributed by atoms with Crippen LogP contribution in [0, 0.1) is 0 Å². The number of Topliss-reactive ketones (excluding diaryl/α,β-unsaturated/α-hetero) is 1. The third-order valence-corrected chi connectivity index (χ3v) is 1.90. The van der Waals surface area contributed by atoms with Gasteiger partial charge >= 0.3 is 0 Å². The molecule has 0 bridgehead atoms. The first-order valence-corrected chi connectivity index (χ1v) is 4.49. The molecule has 0 saturated heterocycles. The summed E-state index contributed by atoms with van der Waals surface area (Å²) in [6.07, 6.45) is 2.19. The number of hydrogen-bond donors (Lipinski definition) is 1. The van der Waals surface area contributed by atoms with Crippen LogP contribution in [0.4, 0.5) is 0 Å². The molecule has 1 aromatic rings. The van der Waals surface area contributed by atoms with E-state index in [1.54, 1.807) is 16.9 Å². The van der Waals surface area contributed by atoms with Crippen LogP contribution < -0.4 is 5.32 Å². The number of aromatic nitrogens is 2. The Morgan fingerprint density at radius 2 is 2.46 bits per heavy atom. The molecule has 4 heteroatoms. The first-order valence-electron chi connectivity index (χ1n) is 4.49. The largest absolute Gasteiger partial charge is 0.319 e. The maximum atomic E-state index is 11.5. The lowest BCUT2D eigenvalue weighted by atomic mass is 10.2. The van der Waals surface area contributed by atoms with E-state index in [4.69, 9.17) is 0 Å². The Labute approximate surface area is 77.9 Å². The lowest BCUT2D eigenvalue weighted by Crippen LogP contribution is -2.16. The number of carbonyl (C=O) groups is 1. The van der Waals surface area contributed by atoms with E-state index in [1.807, 2.05) is 14.0 Å². The summed E-state index contributed by atoms with van der Waals surface area (Å²) >= 11 is 0.